The molecular formula is C57H39N5O. The van der Waals surface area contributed by atoms with Crippen LogP contribution >= 0.6 is 0 Å². The van der Waals surface area contributed by atoms with Crippen molar-refractivity contribution in [1.29, 1.82) is 0 Å². The first kappa shape index (κ1) is 37.5. The molecule has 0 radical (unpaired) electrons. The largest absolute Gasteiger partial charge is 0.456 e. The molecule has 0 saturated heterocycles. The number of nitrogens with zero attached hydrogens (tertiary/aromatic N) is 5. The fraction of sp³-hybridized carbons (Fsp3) is 0.0175. The van der Waals surface area contributed by atoms with Crippen LogP contribution in [0.5, 0.6) is 0 Å². The average molecular weight is 810 g/mol. The number of hydrogen-bond donors (Lipinski definition) is 0. The van der Waals surface area contributed by atoms with Gasteiger partial charge in [-0.15, -0.1) is 0 Å². The third-order valence-corrected chi connectivity index (χ3v) is 11.6. The van der Waals surface area contributed by atoms with Gasteiger partial charge in [0.1, 0.15) is 11.2 Å². The SMILES string of the molecule is C=C/C=C\C=C(/C)n1c2ccccc2c2cc3oc4ccc(-c5ncc(-c6ccccc6-c6ccccc6)cc5-c5nc(-c6ccccc6)nc(-c6ccccc6)n5)cc4c3cc21. The Labute approximate surface area is 364 Å². The molecule has 0 aliphatic heterocycles. The van der Waals surface area contributed by atoms with E-state index in [1.165, 1.54) is 5.39 Å². The lowest BCUT2D eigenvalue weighted by Crippen LogP contribution is -2.02. The number of aromatic nitrogens is 5. The Morgan fingerprint density at radius 2 is 1.08 bits per heavy atom. The van der Waals surface area contributed by atoms with Crippen molar-refractivity contribution in [2.24, 2.45) is 0 Å². The van der Waals surface area contributed by atoms with Gasteiger partial charge in [0.15, 0.2) is 17.5 Å². The van der Waals surface area contributed by atoms with Crippen LogP contribution < -0.4 is 0 Å². The highest BCUT2D eigenvalue weighted by molar-refractivity contribution is 6.18. The number of fused-ring (bicyclic) bond motifs is 6. The summed E-state index contributed by atoms with van der Waals surface area (Å²) >= 11 is 0. The van der Waals surface area contributed by atoms with Crippen molar-refractivity contribution in [2.45, 2.75) is 6.92 Å². The molecule has 0 N–H and O–H groups in total. The zero-order valence-electron chi connectivity index (χ0n) is 34.5. The lowest BCUT2D eigenvalue weighted by atomic mass is 9.93. The molecule has 4 aromatic heterocycles. The highest BCUT2D eigenvalue weighted by atomic mass is 16.3. The smallest absolute Gasteiger partial charge is 0.166 e. The molecule has 7 aromatic carbocycles. The van der Waals surface area contributed by atoms with Crippen LogP contribution in [-0.4, -0.2) is 24.5 Å². The first-order valence-electron chi connectivity index (χ1n) is 21.0. The summed E-state index contributed by atoms with van der Waals surface area (Å²) in [6.07, 6.45) is 9.84. The molecule has 0 bridgehead atoms. The number of para-hydroxylation sites is 1. The van der Waals surface area contributed by atoms with E-state index < -0.39 is 0 Å². The van der Waals surface area contributed by atoms with Gasteiger partial charge in [0.05, 0.1) is 16.7 Å². The first-order chi connectivity index (χ1) is 31.1. The lowest BCUT2D eigenvalue weighted by Gasteiger charge is -2.15. The minimum Gasteiger partial charge on any atom is -0.456 e. The maximum Gasteiger partial charge on any atom is 0.166 e. The molecule has 0 fully saturated rings. The summed E-state index contributed by atoms with van der Waals surface area (Å²) < 4.78 is 8.95. The van der Waals surface area contributed by atoms with Crippen LogP contribution in [0.3, 0.4) is 0 Å². The van der Waals surface area contributed by atoms with Gasteiger partial charge in [-0.3, -0.25) is 4.98 Å². The lowest BCUT2D eigenvalue weighted by molar-refractivity contribution is 0.669. The van der Waals surface area contributed by atoms with Crippen LogP contribution in [0.15, 0.2) is 217 Å². The summed E-state index contributed by atoms with van der Waals surface area (Å²) in [5.74, 6) is 1.70. The summed E-state index contributed by atoms with van der Waals surface area (Å²) in [6.45, 7) is 5.98. The van der Waals surface area contributed by atoms with E-state index in [0.29, 0.717) is 17.5 Å². The van der Waals surface area contributed by atoms with E-state index in [-0.39, 0.29) is 0 Å². The Bertz CT molecular complexity index is 3530. The van der Waals surface area contributed by atoms with Crippen molar-refractivity contribution >= 4 is 49.4 Å². The Morgan fingerprint density at radius 3 is 1.78 bits per heavy atom. The fourth-order valence-electron chi connectivity index (χ4n) is 8.66. The predicted octanol–water partition coefficient (Wildman–Crippen LogP) is 14.9. The molecule has 0 atom stereocenters. The molecular weight excluding hydrogens is 771 g/mol. The summed E-state index contributed by atoms with van der Waals surface area (Å²) in [7, 11) is 0. The summed E-state index contributed by atoms with van der Waals surface area (Å²) in [6, 6.07) is 60.5. The van der Waals surface area contributed by atoms with Gasteiger partial charge in [-0.05, 0) is 72.2 Å². The molecule has 0 spiro atoms. The Kier molecular flexibility index (Phi) is 9.44. The van der Waals surface area contributed by atoms with E-state index in [1.54, 1.807) is 6.08 Å². The quantitative estimate of drug-likeness (QED) is 0.136. The molecule has 4 heterocycles. The maximum absolute atomic E-state index is 6.63. The number of hydrogen-bond acceptors (Lipinski definition) is 5. The van der Waals surface area contributed by atoms with Crippen molar-refractivity contribution in [3.8, 4) is 67.7 Å². The third kappa shape index (κ3) is 6.80. The molecule has 6 nitrogen and oxygen atoms in total. The number of pyridine rings is 1. The van der Waals surface area contributed by atoms with Crippen molar-refractivity contribution < 1.29 is 4.42 Å². The predicted molar refractivity (Wildman–Crippen MR) is 260 cm³/mol. The molecule has 0 unspecified atom stereocenters. The Hall–Kier alpha value is -8.48. The number of allylic oxidation sites excluding steroid dienone is 5. The van der Waals surface area contributed by atoms with E-state index in [1.807, 2.05) is 85.1 Å². The number of rotatable bonds is 9. The fourth-order valence-corrected chi connectivity index (χ4v) is 8.66. The van der Waals surface area contributed by atoms with E-state index >= 15 is 0 Å². The van der Waals surface area contributed by atoms with E-state index in [2.05, 4.69) is 133 Å². The standard InChI is InChI=1S/C57H39N5O/c1-3-4-8-19-37(2)62-50-29-18-17-28-45(50)46-35-53-48(34-51(46)62)47-32-41(30-31-52(47)63-53)54-49(33-42(36-58-54)44-27-16-15-26-43(44)38-20-9-5-10-21-38)57-60-55(39-22-11-6-12-23-39)59-56(61-57)40-24-13-7-14-25-40/h3-36H,1H2,2H3/b8-4-,37-19+. The topological polar surface area (TPSA) is 69.6 Å². The van der Waals surface area contributed by atoms with Crippen LogP contribution in [0, 0.1) is 0 Å². The van der Waals surface area contributed by atoms with Gasteiger partial charge >= 0.3 is 0 Å². The monoisotopic (exact) mass is 809 g/mol. The van der Waals surface area contributed by atoms with Crippen LogP contribution in [0.25, 0.3) is 117 Å². The second kappa shape index (κ2) is 15.8. The maximum atomic E-state index is 6.63. The van der Waals surface area contributed by atoms with E-state index in [9.17, 15) is 0 Å². The molecule has 0 saturated carbocycles. The zero-order valence-corrected chi connectivity index (χ0v) is 34.5. The van der Waals surface area contributed by atoms with Gasteiger partial charge in [-0.1, -0.05) is 158 Å². The van der Waals surface area contributed by atoms with Crippen molar-refractivity contribution in [3.63, 3.8) is 0 Å². The average Bonchev–Trinajstić information content (AvgIpc) is 3.88. The van der Waals surface area contributed by atoms with Gasteiger partial charge in [0.25, 0.3) is 0 Å². The van der Waals surface area contributed by atoms with Crippen LogP contribution in [0.4, 0.5) is 0 Å². The normalized spacial score (nSPS) is 12.0. The van der Waals surface area contributed by atoms with Crippen molar-refractivity contribution in [3.05, 3.63) is 213 Å². The minimum absolute atomic E-state index is 0.528. The highest BCUT2D eigenvalue weighted by Gasteiger charge is 2.21. The van der Waals surface area contributed by atoms with Crippen molar-refractivity contribution in [2.75, 3.05) is 0 Å². The van der Waals surface area contributed by atoms with E-state index in [0.717, 1.165) is 94.3 Å². The second-order valence-electron chi connectivity index (χ2n) is 15.5. The minimum atomic E-state index is 0.528. The van der Waals surface area contributed by atoms with Crippen LogP contribution in [0.2, 0.25) is 0 Å². The zero-order chi connectivity index (χ0) is 42.3. The molecule has 11 rings (SSSR count). The summed E-state index contributed by atoms with van der Waals surface area (Å²) in [5.41, 5.74) is 13.4. The molecule has 0 aliphatic rings. The van der Waals surface area contributed by atoms with Gasteiger partial charge < -0.3 is 8.98 Å². The Morgan fingerprint density at radius 1 is 0.476 bits per heavy atom. The Balaban J connectivity index is 1.15. The van der Waals surface area contributed by atoms with Gasteiger partial charge in [0, 0.05) is 61.3 Å². The number of benzene rings is 7. The summed E-state index contributed by atoms with van der Waals surface area (Å²) in [4.78, 5) is 20.7. The molecule has 11 aromatic rings. The molecule has 63 heavy (non-hydrogen) atoms. The van der Waals surface area contributed by atoms with Gasteiger partial charge in [-0.2, -0.15) is 0 Å². The molecule has 298 valence electrons. The van der Waals surface area contributed by atoms with Crippen LogP contribution in [0.1, 0.15) is 6.92 Å². The first-order valence-corrected chi connectivity index (χ1v) is 21.0. The van der Waals surface area contributed by atoms with E-state index in [4.69, 9.17) is 24.4 Å². The molecule has 0 amide bonds. The third-order valence-electron chi connectivity index (χ3n) is 11.6. The van der Waals surface area contributed by atoms with Gasteiger partial charge in [-0.25, -0.2) is 15.0 Å². The number of furan rings is 1. The second-order valence-corrected chi connectivity index (χ2v) is 15.5. The molecule has 6 heteroatoms. The highest BCUT2D eigenvalue weighted by Crippen LogP contribution is 2.42. The molecule has 0 aliphatic carbocycles. The summed E-state index contributed by atoms with van der Waals surface area (Å²) in [5, 5.41) is 4.31. The van der Waals surface area contributed by atoms with Crippen LogP contribution in [-0.2, 0) is 0 Å². The van der Waals surface area contributed by atoms with Gasteiger partial charge in [0.2, 0.25) is 0 Å². The van der Waals surface area contributed by atoms with Crippen molar-refractivity contribution in [1.82, 2.24) is 24.5 Å².